The summed E-state index contributed by atoms with van der Waals surface area (Å²) in [6.07, 6.45) is 0. The molecule has 21 heavy (non-hydrogen) atoms. The maximum absolute atomic E-state index is 11.4. The number of ether oxygens (including phenoxy) is 1. The molecule has 0 aliphatic heterocycles. The van der Waals surface area contributed by atoms with E-state index in [2.05, 4.69) is 5.32 Å². The van der Waals surface area contributed by atoms with E-state index in [1.54, 1.807) is 7.11 Å². The number of anilines is 1. The third-order valence-corrected chi connectivity index (χ3v) is 3.43. The molecule has 2 aromatic rings. The minimum Gasteiger partial charge on any atom is -0.497 e. The number of carboxylic acid groups (broad SMARTS) is 1. The van der Waals surface area contributed by atoms with Crippen molar-refractivity contribution in [3.63, 3.8) is 0 Å². The van der Waals surface area contributed by atoms with Crippen molar-refractivity contribution in [1.29, 1.82) is 0 Å². The lowest BCUT2D eigenvalue weighted by Crippen LogP contribution is -2.21. The summed E-state index contributed by atoms with van der Waals surface area (Å²) in [6.45, 7) is 2.30. The van der Waals surface area contributed by atoms with Crippen LogP contribution in [0.5, 0.6) is 5.75 Å². The van der Waals surface area contributed by atoms with Crippen molar-refractivity contribution in [3.8, 4) is 5.75 Å². The Balaban J connectivity index is 2.11. The van der Waals surface area contributed by atoms with E-state index in [-0.39, 0.29) is 0 Å². The molecule has 4 nitrogen and oxygen atoms in total. The number of hydrogen-bond acceptors (Lipinski definition) is 3. The first-order valence-electron chi connectivity index (χ1n) is 6.78. The normalized spacial score (nSPS) is 11.7. The molecule has 0 heterocycles. The van der Waals surface area contributed by atoms with Crippen LogP contribution in [0.1, 0.15) is 17.0 Å². The van der Waals surface area contributed by atoms with Gasteiger partial charge in [0.1, 0.15) is 5.75 Å². The van der Waals surface area contributed by atoms with Gasteiger partial charge in [0, 0.05) is 12.2 Å². The first-order valence-corrected chi connectivity index (χ1v) is 6.78. The zero-order valence-corrected chi connectivity index (χ0v) is 12.2. The molecule has 0 spiro atoms. The third-order valence-electron chi connectivity index (χ3n) is 3.43. The summed E-state index contributed by atoms with van der Waals surface area (Å²) in [5.41, 5.74) is 2.73. The number of benzene rings is 2. The minimum absolute atomic E-state index is 0.340. The number of carbonyl (C=O) groups is 1. The lowest BCUT2D eigenvalue weighted by atomic mass is 9.99. The summed E-state index contributed by atoms with van der Waals surface area (Å²) >= 11 is 0. The van der Waals surface area contributed by atoms with E-state index in [0.29, 0.717) is 6.54 Å². The predicted molar refractivity (Wildman–Crippen MR) is 83.0 cm³/mol. The number of rotatable bonds is 6. The highest BCUT2D eigenvalue weighted by molar-refractivity contribution is 5.77. The standard InChI is InChI=1S/C17H19NO3/c1-12-10-14(21-2)8-9-16(12)18-11-15(17(19)20)13-6-4-3-5-7-13/h3-10,15,18H,11H2,1-2H3,(H,19,20). The summed E-state index contributed by atoms with van der Waals surface area (Å²) in [5.74, 6) is -0.622. The molecule has 2 rings (SSSR count). The van der Waals surface area contributed by atoms with Crippen molar-refractivity contribution < 1.29 is 14.6 Å². The van der Waals surface area contributed by atoms with E-state index in [9.17, 15) is 9.90 Å². The van der Waals surface area contributed by atoms with Crippen molar-refractivity contribution in [2.24, 2.45) is 0 Å². The minimum atomic E-state index is -0.833. The van der Waals surface area contributed by atoms with E-state index in [1.165, 1.54) is 0 Å². The molecule has 0 fully saturated rings. The summed E-state index contributed by atoms with van der Waals surface area (Å²) in [6, 6.07) is 14.9. The van der Waals surface area contributed by atoms with E-state index >= 15 is 0 Å². The highest BCUT2D eigenvalue weighted by Gasteiger charge is 2.19. The number of methoxy groups -OCH3 is 1. The topological polar surface area (TPSA) is 58.6 Å². The van der Waals surface area contributed by atoms with Crippen LogP contribution in [-0.2, 0) is 4.79 Å². The lowest BCUT2D eigenvalue weighted by molar-refractivity contribution is -0.138. The number of aryl methyl sites for hydroxylation is 1. The van der Waals surface area contributed by atoms with Crippen LogP contribution in [0.3, 0.4) is 0 Å². The molecule has 0 radical (unpaired) electrons. The summed E-state index contributed by atoms with van der Waals surface area (Å²) in [4.78, 5) is 11.4. The SMILES string of the molecule is COc1ccc(NCC(C(=O)O)c2ccccc2)c(C)c1. The first kappa shape index (κ1) is 14.9. The fraction of sp³-hybridized carbons (Fsp3) is 0.235. The van der Waals surface area contributed by atoms with Crippen LogP contribution in [0, 0.1) is 6.92 Å². The van der Waals surface area contributed by atoms with Gasteiger partial charge < -0.3 is 15.2 Å². The molecule has 1 unspecified atom stereocenters. The lowest BCUT2D eigenvalue weighted by Gasteiger charge is -2.16. The Hall–Kier alpha value is -2.49. The van der Waals surface area contributed by atoms with Gasteiger partial charge in [0.05, 0.1) is 13.0 Å². The molecule has 0 saturated heterocycles. The summed E-state index contributed by atoms with van der Waals surface area (Å²) in [7, 11) is 1.62. The molecule has 0 aromatic heterocycles. The highest BCUT2D eigenvalue weighted by atomic mass is 16.5. The molecule has 0 amide bonds. The first-order chi connectivity index (χ1) is 10.1. The second-order valence-corrected chi connectivity index (χ2v) is 4.86. The predicted octanol–water partition coefficient (Wildman–Crippen LogP) is 3.28. The van der Waals surface area contributed by atoms with Crippen molar-refractivity contribution in [2.75, 3.05) is 19.0 Å². The van der Waals surface area contributed by atoms with Crippen molar-refractivity contribution >= 4 is 11.7 Å². The van der Waals surface area contributed by atoms with Gasteiger partial charge >= 0.3 is 5.97 Å². The molecule has 1 atom stereocenters. The Morgan fingerprint density at radius 3 is 2.52 bits per heavy atom. The van der Waals surface area contributed by atoms with Gasteiger partial charge in [-0.2, -0.15) is 0 Å². The van der Waals surface area contributed by atoms with Crippen LogP contribution in [0.2, 0.25) is 0 Å². The van der Waals surface area contributed by atoms with Crippen LogP contribution in [0.4, 0.5) is 5.69 Å². The van der Waals surface area contributed by atoms with Gasteiger partial charge in [0.15, 0.2) is 0 Å². The largest absolute Gasteiger partial charge is 0.497 e. The Kier molecular flexibility index (Phi) is 4.82. The molecule has 110 valence electrons. The van der Waals surface area contributed by atoms with E-state index in [0.717, 1.165) is 22.6 Å². The summed E-state index contributed by atoms with van der Waals surface area (Å²) in [5, 5.41) is 12.6. The third kappa shape index (κ3) is 3.75. The van der Waals surface area contributed by atoms with Gasteiger partial charge in [-0.1, -0.05) is 30.3 Å². The number of hydrogen-bond donors (Lipinski definition) is 2. The molecule has 2 N–H and O–H groups in total. The van der Waals surface area contributed by atoms with Crippen LogP contribution in [0.15, 0.2) is 48.5 Å². The molecule has 0 saturated carbocycles. The van der Waals surface area contributed by atoms with E-state index < -0.39 is 11.9 Å². The highest BCUT2D eigenvalue weighted by Crippen LogP contribution is 2.23. The monoisotopic (exact) mass is 285 g/mol. The van der Waals surface area contributed by atoms with Crippen LogP contribution in [-0.4, -0.2) is 24.7 Å². The average molecular weight is 285 g/mol. The molecule has 0 bridgehead atoms. The smallest absolute Gasteiger partial charge is 0.312 e. The van der Waals surface area contributed by atoms with Gasteiger partial charge in [-0.25, -0.2) is 0 Å². The maximum Gasteiger partial charge on any atom is 0.312 e. The maximum atomic E-state index is 11.4. The van der Waals surface area contributed by atoms with Crippen LogP contribution < -0.4 is 10.1 Å². The summed E-state index contributed by atoms with van der Waals surface area (Å²) < 4.78 is 5.16. The van der Waals surface area contributed by atoms with Gasteiger partial charge in [-0.05, 0) is 36.2 Å². The molecule has 0 aliphatic rings. The second kappa shape index (κ2) is 6.79. The molecular weight excluding hydrogens is 266 g/mol. The number of nitrogens with one attached hydrogen (secondary N) is 1. The number of carboxylic acids is 1. The Bertz CT molecular complexity index is 611. The van der Waals surface area contributed by atoms with Gasteiger partial charge in [0.2, 0.25) is 0 Å². The molecular formula is C17H19NO3. The van der Waals surface area contributed by atoms with Gasteiger partial charge in [0.25, 0.3) is 0 Å². The second-order valence-electron chi connectivity index (χ2n) is 4.86. The Morgan fingerprint density at radius 2 is 1.95 bits per heavy atom. The Morgan fingerprint density at radius 1 is 1.24 bits per heavy atom. The quantitative estimate of drug-likeness (QED) is 0.855. The van der Waals surface area contributed by atoms with Crippen molar-refractivity contribution in [1.82, 2.24) is 0 Å². The average Bonchev–Trinajstić information content (AvgIpc) is 2.49. The Labute approximate surface area is 124 Å². The zero-order valence-electron chi connectivity index (χ0n) is 12.2. The molecule has 4 heteroatoms. The molecule has 0 aliphatic carbocycles. The van der Waals surface area contributed by atoms with E-state index in [1.807, 2.05) is 55.5 Å². The number of aliphatic carboxylic acids is 1. The van der Waals surface area contributed by atoms with Crippen molar-refractivity contribution in [3.05, 3.63) is 59.7 Å². The van der Waals surface area contributed by atoms with Gasteiger partial charge in [-0.15, -0.1) is 0 Å². The fourth-order valence-electron chi connectivity index (χ4n) is 2.21. The fourth-order valence-corrected chi connectivity index (χ4v) is 2.21. The zero-order chi connectivity index (χ0) is 15.2. The van der Waals surface area contributed by atoms with Gasteiger partial charge in [-0.3, -0.25) is 4.79 Å². The van der Waals surface area contributed by atoms with Crippen LogP contribution >= 0.6 is 0 Å². The van der Waals surface area contributed by atoms with E-state index in [4.69, 9.17) is 4.74 Å². The van der Waals surface area contributed by atoms with Crippen LogP contribution in [0.25, 0.3) is 0 Å². The van der Waals surface area contributed by atoms with Crippen molar-refractivity contribution in [2.45, 2.75) is 12.8 Å². The molecule has 2 aromatic carbocycles.